The lowest BCUT2D eigenvalue weighted by Crippen LogP contribution is -2.33. The molecule has 11 heteroatoms. The van der Waals surface area contributed by atoms with Crippen molar-refractivity contribution in [2.24, 2.45) is 0 Å². The zero-order valence-electron chi connectivity index (χ0n) is 14.7. The monoisotopic (exact) mass is 424 g/mol. The summed E-state index contributed by atoms with van der Waals surface area (Å²) >= 11 is 0. The van der Waals surface area contributed by atoms with E-state index in [1.807, 2.05) is 35.1 Å². The number of aromatic nitrogens is 2. The minimum Gasteiger partial charge on any atom is -0.322 e. The molecule has 0 aliphatic heterocycles. The van der Waals surface area contributed by atoms with Gasteiger partial charge in [-0.1, -0.05) is 24.3 Å². The fourth-order valence-electron chi connectivity index (χ4n) is 2.40. The van der Waals surface area contributed by atoms with Crippen molar-refractivity contribution in [3.8, 4) is 5.69 Å². The summed E-state index contributed by atoms with van der Waals surface area (Å²) in [7, 11) is -4.30. The van der Waals surface area contributed by atoms with E-state index < -0.39 is 39.1 Å². The predicted molar refractivity (Wildman–Crippen MR) is 98.8 cm³/mol. The number of carbonyl (C=O) groups is 1. The van der Waals surface area contributed by atoms with Crippen molar-refractivity contribution in [1.29, 1.82) is 0 Å². The number of alkyl halides is 3. The van der Waals surface area contributed by atoms with Crippen LogP contribution in [0, 0.1) is 0 Å². The zero-order valence-corrected chi connectivity index (χ0v) is 15.5. The van der Waals surface area contributed by atoms with E-state index in [0.717, 1.165) is 23.9 Å². The average Bonchev–Trinajstić information content (AvgIpc) is 3.15. The summed E-state index contributed by atoms with van der Waals surface area (Å²) in [5, 5.41) is 6.55. The number of nitrogens with zero attached hydrogens (tertiary/aromatic N) is 2. The van der Waals surface area contributed by atoms with Crippen LogP contribution < -0.4 is 10.0 Å². The molecule has 3 aromatic rings. The maximum absolute atomic E-state index is 12.7. The molecular weight excluding hydrogens is 409 g/mol. The van der Waals surface area contributed by atoms with Crippen LogP contribution in [0.3, 0.4) is 0 Å². The van der Waals surface area contributed by atoms with Crippen LogP contribution in [0.1, 0.15) is 5.56 Å². The number of amides is 1. The molecule has 1 amide bonds. The fourth-order valence-corrected chi connectivity index (χ4v) is 3.43. The number of sulfonamides is 1. The third kappa shape index (κ3) is 5.21. The predicted octanol–water partition coefficient (Wildman–Crippen LogP) is 2.81. The maximum Gasteiger partial charge on any atom is 0.416 e. The van der Waals surface area contributed by atoms with Gasteiger partial charge in [-0.3, -0.25) is 4.79 Å². The van der Waals surface area contributed by atoms with Gasteiger partial charge < -0.3 is 5.32 Å². The van der Waals surface area contributed by atoms with Gasteiger partial charge in [0.15, 0.2) is 0 Å². The van der Waals surface area contributed by atoms with Gasteiger partial charge in [0.1, 0.15) is 0 Å². The van der Waals surface area contributed by atoms with Crippen molar-refractivity contribution in [2.45, 2.75) is 11.1 Å². The van der Waals surface area contributed by atoms with Crippen LogP contribution >= 0.6 is 0 Å². The summed E-state index contributed by atoms with van der Waals surface area (Å²) in [4.78, 5) is 11.4. The number of para-hydroxylation sites is 1. The Morgan fingerprint density at radius 2 is 1.79 bits per heavy atom. The van der Waals surface area contributed by atoms with Crippen LogP contribution in [0.2, 0.25) is 0 Å². The molecule has 0 spiro atoms. The molecule has 0 aliphatic rings. The number of halogens is 3. The third-order valence-electron chi connectivity index (χ3n) is 3.78. The number of anilines is 1. The molecule has 0 unspecified atom stereocenters. The minimum absolute atomic E-state index is 0.331. The highest BCUT2D eigenvalue weighted by molar-refractivity contribution is 7.89. The van der Waals surface area contributed by atoms with Crippen LogP contribution in [0.15, 0.2) is 71.9 Å². The summed E-state index contributed by atoms with van der Waals surface area (Å²) < 4.78 is 66.1. The molecule has 0 saturated heterocycles. The molecule has 2 N–H and O–H groups in total. The van der Waals surface area contributed by atoms with Crippen molar-refractivity contribution < 1.29 is 26.4 Å². The maximum atomic E-state index is 12.7. The summed E-state index contributed by atoms with van der Waals surface area (Å²) in [6, 6.07) is 12.3. The lowest BCUT2D eigenvalue weighted by Gasteiger charge is -2.10. The van der Waals surface area contributed by atoms with Gasteiger partial charge in [0, 0.05) is 0 Å². The van der Waals surface area contributed by atoms with Crippen molar-refractivity contribution in [2.75, 3.05) is 11.9 Å². The molecule has 1 aromatic heterocycles. The number of hydrogen-bond acceptors (Lipinski definition) is 4. The first-order valence-electron chi connectivity index (χ1n) is 8.22. The van der Waals surface area contributed by atoms with Crippen LogP contribution in [-0.4, -0.2) is 30.7 Å². The van der Waals surface area contributed by atoms with E-state index >= 15 is 0 Å². The largest absolute Gasteiger partial charge is 0.416 e. The first-order chi connectivity index (χ1) is 13.6. The SMILES string of the molecule is O=C(CNS(=O)(=O)c1cccc(C(F)(F)F)c1)Nc1cnn(-c2ccccc2)c1. The molecule has 2 aromatic carbocycles. The third-order valence-corrected chi connectivity index (χ3v) is 5.18. The van der Waals surface area contributed by atoms with E-state index in [0.29, 0.717) is 11.8 Å². The quantitative estimate of drug-likeness (QED) is 0.637. The Kier molecular flexibility index (Phi) is 5.71. The molecule has 3 rings (SSSR count). The highest BCUT2D eigenvalue weighted by atomic mass is 32.2. The van der Waals surface area contributed by atoms with E-state index in [1.165, 1.54) is 17.1 Å². The highest BCUT2D eigenvalue weighted by Crippen LogP contribution is 2.30. The first-order valence-corrected chi connectivity index (χ1v) is 9.70. The molecule has 0 bridgehead atoms. The van der Waals surface area contributed by atoms with Crippen LogP contribution in [0.5, 0.6) is 0 Å². The van der Waals surface area contributed by atoms with Gasteiger partial charge in [-0.25, -0.2) is 17.8 Å². The highest BCUT2D eigenvalue weighted by Gasteiger charge is 2.31. The van der Waals surface area contributed by atoms with E-state index in [2.05, 4.69) is 10.4 Å². The second-order valence-corrected chi connectivity index (χ2v) is 7.67. The van der Waals surface area contributed by atoms with Gasteiger partial charge in [0.2, 0.25) is 15.9 Å². The Balaban J connectivity index is 1.63. The van der Waals surface area contributed by atoms with Crippen molar-refractivity contribution >= 4 is 21.6 Å². The Morgan fingerprint density at radius 3 is 2.48 bits per heavy atom. The van der Waals surface area contributed by atoms with Gasteiger partial charge in [-0.2, -0.15) is 18.3 Å². The second-order valence-electron chi connectivity index (χ2n) is 5.91. The number of carbonyl (C=O) groups excluding carboxylic acids is 1. The summed E-state index contributed by atoms with van der Waals surface area (Å²) in [5.74, 6) is -0.701. The second kappa shape index (κ2) is 8.05. The lowest BCUT2D eigenvalue weighted by molar-refractivity contribution is -0.137. The van der Waals surface area contributed by atoms with E-state index in [9.17, 15) is 26.4 Å². The minimum atomic E-state index is -4.68. The number of nitrogens with one attached hydrogen (secondary N) is 2. The van der Waals surface area contributed by atoms with Crippen molar-refractivity contribution in [3.05, 3.63) is 72.6 Å². The van der Waals surface area contributed by atoms with Gasteiger partial charge in [0.05, 0.1) is 40.8 Å². The average molecular weight is 424 g/mol. The molecule has 0 aliphatic carbocycles. The molecule has 152 valence electrons. The topological polar surface area (TPSA) is 93.1 Å². The number of benzene rings is 2. The zero-order chi connectivity index (χ0) is 21.1. The Bertz CT molecular complexity index is 1110. The lowest BCUT2D eigenvalue weighted by atomic mass is 10.2. The number of hydrogen-bond donors (Lipinski definition) is 2. The Morgan fingerprint density at radius 1 is 1.07 bits per heavy atom. The first kappa shape index (κ1) is 20.6. The van der Waals surface area contributed by atoms with E-state index in [4.69, 9.17) is 0 Å². The van der Waals surface area contributed by atoms with Gasteiger partial charge in [0.25, 0.3) is 0 Å². The normalized spacial score (nSPS) is 12.0. The summed E-state index contributed by atoms with van der Waals surface area (Å²) in [6.45, 7) is -0.658. The fraction of sp³-hybridized carbons (Fsp3) is 0.111. The molecule has 0 radical (unpaired) electrons. The molecule has 29 heavy (non-hydrogen) atoms. The Hall–Kier alpha value is -3.18. The molecule has 0 saturated carbocycles. The Labute approximate surface area is 164 Å². The molecule has 0 fully saturated rings. The van der Waals surface area contributed by atoms with Gasteiger partial charge >= 0.3 is 6.18 Å². The smallest absolute Gasteiger partial charge is 0.322 e. The molecule has 1 heterocycles. The number of rotatable bonds is 6. The van der Waals surface area contributed by atoms with E-state index in [-0.39, 0.29) is 0 Å². The van der Waals surface area contributed by atoms with Crippen LogP contribution in [-0.2, 0) is 21.0 Å². The molecule has 7 nitrogen and oxygen atoms in total. The van der Waals surface area contributed by atoms with Gasteiger partial charge in [-0.05, 0) is 30.3 Å². The van der Waals surface area contributed by atoms with Crippen molar-refractivity contribution in [1.82, 2.24) is 14.5 Å². The summed E-state index contributed by atoms with van der Waals surface area (Å²) in [5.41, 5.74) is -0.00600. The van der Waals surface area contributed by atoms with Gasteiger partial charge in [-0.15, -0.1) is 0 Å². The molecular formula is C18H15F3N4O3S. The summed E-state index contributed by atoms with van der Waals surface area (Å²) in [6.07, 6.45) is -1.76. The van der Waals surface area contributed by atoms with E-state index in [1.54, 1.807) is 0 Å². The van der Waals surface area contributed by atoms with Crippen LogP contribution in [0.4, 0.5) is 18.9 Å². The molecule has 0 atom stereocenters. The van der Waals surface area contributed by atoms with Crippen molar-refractivity contribution in [3.63, 3.8) is 0 Å². The standard InChI is InChI=1S/C18H15F3N4O3S/c19-18(20,21)13-5-4-8-16(9-13)29(27,28)23-11-17(26)24-14-10-22-25(12-14)15-6-2-1-3-7-15/h1-10,12,23H,11H2,(H,24,26). The van der Waals surface area contributed by atoms with Crippen LogP contribution in [0.25, 0.3) is 5.69 Å².